The fourth-order valence-electron chi connectivity index (χ4n) is 4.09. The van der Waals surface area contributed by atoms with Crippen LogP contribution in [0.25, 0.3) is 0 Å². The van der Waals surface area contributed by atoms with Crippen LogP contribution in [0.3, 0.4) is 0 Å². The number of carbonyl (C=O) groups excluding carboxylic acids is 1. The van der Waals surface area contributed by atoms with E-state index in [-0.39, 0.29) is 94.0 Å². The van der Waals surface area contributed by atoms with Crippen LogP contribution < -0.4 is 86.0 Å². The molecule has 0 saturated heterocycles. The minimum absolute atomic E-state index is 0. The van der Waals surface area contributed by atoms with Gasteiger partial charge < -0.3 is 14.5 Å². The van der Waals surface area contributed by atoms with Crippen LogP contribution in [0.2, 0.25) is 0 Å². The van der Waals surface area contributed by atoms with Crippen LogP contribution >= 0.6 is 0 Å². The van der Waals surface area contributed by atoms with Gasteiger partial charge in [-0.15, -0.1) is 0 Å². The van der Waals surface area contributed by atoms with Crippen LogP contribution in [0.5, 0.6) is 0 Å². The second kappa shape index (κ2) is 39.7. The van der Waals surface area contributed by atoms with E-state index >= 15 is 0 Å². The molecule has 0 aromatic rings. The largest absolute Gasteiger partial charge is 1.00 e. The summed E-state index contributed by atoms with van der Waals surface area (Å²) in [5.74, 6) is -0.914. The molecule has 0 rings (SSSR count). The van der Waals surface area contributed by atoms with E-state index in [1.807, 2.05) is 0 Å². The maximum absolute atomic E-state index is 10.2. The molecule has 0 aromatic heterocycles. The third-order valence-corrected chi connectivity index (χ3v) is 6.82. The summed E-state index contributed by atoms with van der Waals surface area (Å²) in [5.41, 5.74) is 0. The van der Waals surface area contributed by atoms with Crippen molar-refractivity contribution in [2.45, 2.75) is 168 Å². The molecule has 0 aliphatic carbocycles. The minimum atomic E-state index is -4.48. The first kappa shape index (κ1) is 47.6. The minimum Gasteiger partial charge on any atom is -0.726 e. The number of allylic oxidation sites excluding steroid dienone is 2. The van der Waals surface area contributed by atoms with Crippen LogP contribution in [-0.4, -0.2) is 25.5 Å². The first-order chi connectivity index (χ1) is 17.8. The van der Waals surface area contributed by atoms with E-state index in [4.69, 9.17) is 0 Å². The van der Waals surface area contributed by atoms with Gasteiger partial charge in [0.1, 0.15) is 0 Å². The van der Waals surface area contributed by atoms with Crippen molar-refractivity contribution in [1.82, 2.24) is 0 Å². The van der Waals surface area contributed by atoms with E-state index in [1.165, 1.54) is 109 Å². The zero-order chi connectivity index (χ0) is 27.9. The van der Waals surface area contributed by atoms with E-state index in [2.05, 4.69) is 30.2 Å². The van der Waals surface area contributed by atoms with Gasteiger partial charge in [-0.2, -0.15) is 0 Å². The number of aliphatic carboxylic acids is 1. The van der Waals surface area contributed by atoms with E-state index in [9.17, 15) is 22.9 Å². The maximum atomic E-state index is 10.2. The Morgan fingerprint density at radius 2 is 0.949 bits per heavy atom. The topological polar surface area (TPSA) is 107 Å². The molecule has 0 saturated carbocycles. The van der Waals surface area contributed by atoms with E-state index < -0.39 is 16.4 Å². The average molecular weight is 609 g/mol. The molecule has 0 radical (unpaired) electrons. The molecule has 0 aliphatic heterocycles. The first-order valence-corrected chi connectivity index (χ1v) is 16.6. The first-order valence-electron chi connectivity index (χ1n) is 15.3. The summed E-state index contributed by atoms with van der Waals surface area (Å²) < 4.78 is 34.5. The van der Waals surface area contributed by atoms with Gasteiger partial charge in [-0.1, -0.05) is 135 Å². The van der Waals surface area contributed by atoms with Crippen LogP contribution in [0.1, 0.15) is 168 Å². The van der Waals surface area contributed by atoms with E-state index in [1.54, 1.807) is 0 Å². The monoisotopic (exact) mass is 608 g/mol. The summed E-state index contributed by atoms with van der Waals surface area (Å²) in [5, 5.41) is 10.2. The fraction of sp³-hybridized carbons (Fsp3) is 0.900. The number of rotatable bonds is 27. The molecule has 9 heteroatoms. The van der Waals surface area contributed by atoms with Crippen LogP contribution in [0, 0.1) is 0 Å². The molecular weight excluding hydrogens is 550 g/mol. The Balaban J connectivity index is -0.000000302. The summed E-state index contributed by atoms with van der Waals surface area (Å²) in [6.07, 6.45) is 32.6. The smallest absolute Gasteiger partial charge is 0.726 e. The molecule has 0 unspecified atom stereocenters. The predicted octanol–water partition coefficient (Wildman–Crippen LogP) is 2.17. The Hall–Kier alpha value is 1.72. The van der Waals surface area contributed by atoms with Crippen molar-refractivity contribution in [1.29, 1.82) is 0 Å². The number of carboxylic acids is 1. The van der Waals surface area contributed by atoms with Gasteiger partial charge in [0.25, 0.3) is 0 Å². The molecule has 0 aromatic carbocycles. The second-order valence-electron chi connectivity index (χ2n) is 10.1. The average Bonchev–Trinajstić information content (AvgIpc) is 2.84. The normalized spacial score (nSPS) is 10.9. The zero-order valence-electron chi connectivity index (χ0n) is 26.2. The molecule has 0 atom stereocenters. The Kier molecular flexibility index (Phi) is 48.5. The SMILES string of the molecule is CCCCCCCC/C=C\CCCCCCCC(=O)[O-].CCCCCCCCCCCCOS(=O)(=O)[O-].[K+].[Na+]. The summed E-state index contributed by atoms with van der Waals surface area (Å²) in [6.45, 7) is 4.50. The second-order valence-corrected chi connectivity index (χ2v) is 11.2. The Labute approximate surface area is 307 Å². The molecule has 222 valence electrons. The number of hydrogen-bond donors (Lipinski definition) is 0. The third kappa shape index (κ3) is 52.8. The quantitative estimate of drug-likeness (QED) is 0.0465. The number of carbonyl (C=O) groups is 1. The van der Waals surface area contributed by atoms with Gasteiger partial charge >= 0.3 is 80.9 Å². The third-order valence-electron chi connectivity index (χ3n) is 6.37. The van der Waals surface area contributed by atoms with Gasteiger partial charge in [-0.05, 0) is 44.9 Å². The molecule has 0 fully saturated rings. The van der Waals surface area contributed by atoms with Crippen molar-refractivity contribution < 1.29 is 108 Å². The molecular formula is C30H58KNaO6S. The molecule has 39 heavy (non-hydrogen) atoms. The fourth-order valence-corrected chi connectivity index (χ4v) is 4.41. The van der Waals surface area contributed by atoms with Crippen molar-refractivity contribution in [2.24, 2.45) is 0 Å². The van der Waals surface area contributed by atoms with Crippen LogP contribution in [0.4, 0.5) is 0 Å². The Bertz CT molecular complexity index is 602. The van der Waals surface area contributed by atoms with Gasteiger partial charge in [0.05, 0.1) is 6.61 Å². The van der Waals surface area contributed by atoms with Gasteiger partial charge in [0, 0.05) is 5.97 Å². The van der Waals surface area contributed by atoms with Gasteiger partial charge in [-0.3, -0.25) is 4.18 Å². The van der Waals surface area contributed by atoms with E-state index in [0.29, 0.717) is 6.42 Å². The summed E-state index contributed by atoms with van der Waals surface area (Å²) in [4.78, 5) is 10.2. The summed E-state index contributed by atoms with van der Waals surface area (Å²) in [7, 11) is -4.48. The van der Waals surface area contributed by atoms with Crippen molar-refractivity contribution in [2.75, 3.05) is 6.61 Å². The van der Waals surface area contributed by atoms with Crippen molar-refractivity contribution >= 4 is 16.4 Å². The molecule has 0 bridgehead atoms. The maximum Gasteiger partial charge on any atom is 1.00 e. The van der Waals surface area contributed by atoms with Crippen molar-refractivity contribution in [3.63, 3.8) is 0 Å². The van der Waals surface area contributed by atoms with Gasteiger partial charge in [0.2, 0.25) is 10.4 Å². The summed E-state index contributed by atoms with van der Waals surface area (Å²) in [6, 6.07) is 0. The molecule has 0 N–H and O–H groups in total. The van der Waals surface area contributed by atoms with Crippen molar-refractivity contribution in [3.8, 4) is 0 Å². The number of hydrogen-bond acceptors (Lipinski definition) is 6. The molecule has 0 spiro atoms. The summed E-state index contributed by atoms with van der Waals surface area (Å²) >= 11 is 0. The Morgan fingerprint density at radius 3 is 1.31 bits per heavy atom. The number of carboxylic acid groups (broad SMARTS) is 1. The van der Waals surface area contributed by atoms with Crippen LogP contribution in [-0.2, 0) is 19.4 Å². The van der Waals surface area contributed by atoms with Gasteiger partial charge in [0.15, 0.2) is 0 Å². The van der Waals surface area contributed by atoms with Crippen molar-refractivity contribution in [3.05, 3.63) is 12.2 Å². The molecule has 0 heterocycles. The molecule has 0 amide bonds. The molecule has 6 nitrogen and oxygen atoms in total. The standard InChI is InChI=1S/C18H34O2.C12H26O4S.K.Na/c1-2-3-4-5-6-7-8-9-10-11-12-13-14-15-16-17-18(19)20;1-2-3-4-5-6-7-8-9-10-11-12-16-17(13,14)15;;/h9-10H,2-8,11-17H2,1H3,(H,19,20);2-12H2,1H3,(H,13,14,15);;/q;;2*+1/p-2/b10-9-;;;. The number of unbranched alkanes of at least 4 members (excludes halogenated alkanes) is 20. The van der Waals surface area contributed by atoms with Crippen LogP contribution in [0.15, 0.2) is 12.2 Å². The molecule has 0 aliphatic rings. The van der Waals surface area contributed by atoms with Gasteiger partial charge in [-0.25, -0.2) is 8.42 Å². The Morgan fingerprint density at radius 1 is 0.615 bits per heavy atom. The van der Waals surface area contributed by atoms with E-state index in [0.717, 1.165) is 32.1 Å². The predicted molar refractivity (Wildman–Crippen MR) is 152 cm³/mol. The zero-order valence-corrected chi connectivity index (χ0v) is 32.1.